The number of nitrogens with zero attached hydrogens (tertiary/aromatic N) is 4. The van der Waals surface area contributed by atoms with Gasteiger partial charge in [-0.3, -0.25) is 9.80 Å². The third kappa shape index (κ3) is 4.41. The molecule has 2 heterocycles. The molecule has 1 atom stereocenters. The molecule has 2 rings (SSSR count). The summed E-state index contributed by atoms with van der Waals surface area (Å²) < 4.78 is 42.3. The van der Waals surface area contributed by atoms with Crippen molar-refractivity contribution < 1.29 is 17.7 Å². The second-order valence-corrected chi connectivity index (χ2v) is 5.75. The predicted octanol–water partition coefficient (Wildman–Crippen LogP) is 2.43. The van der Waals surface area contributed by atoms with E-state index in [1.54, 1.807) is 0 Å². The minimum Gasteiger partial charge on any atom is -0.338 e. The molecule has 1 saturated heterocycles. The summed E-state index contributed by atoms with van der Waals surface area (Å²) in [5.74, 6) is 1.38. The third-order valence-electron chi connectivity index (χ3n) is 3.69. The second kappa shape index (κ2) is 6.31. The maximum absolute atomic E-state index is 12.4. The van der Waals surface area contributed by atoms with Crippen molar-refractivity contribution in [2.45, 2.75) is 38.9 Å². The molecule has 0 aromatic carbocycles. The van der Waals surface area contributed by atoms with E-state index in [0.717, 1.165) is 0 Å². The Hall–Kier alpha value is -1.15. The minimum atomic E-state index is -4.13. The SMILES string of the molecule is CC(C)c1noc([C@@H](C)N2CCN(CC(F)(F)F)CC2)n1. The Morgan fingerprint density at radius 1 is 1.14 bits per heavy atom. The van der Waals surface area contributed by atoms with Crippen LogP contribution in [0.3, 0.4) is 0 Å². The van der Waals surface area contributed by atoms with Crippen molar-refractivity contribution in [2.75, 3.05) is 32.7 Å². The molecule has 0 spiro atoms. The normalized spacial score (nSPS) is 20.1. The van der Waals surface area contributed by atoms with Crippen LogP contribution < -0.4 is 0 Å². The van der Waals surface area contributed by atoms with Crippen molar-refractivity contribution in [3.05, 3.63) is 11.7 Å². The van der Waals surface area contributed by atoms with Gasteiger partial charge in [0.2, 0.25) is 5.89 Å². The van der Waals surface area contributed by atoms with Gasteiger partial charge in [0.25, 0.3) is 0 Å². The fourth-order valence-electron chi connectivity index (χ4n) is 2.37. The highest BCUT2D eigenvalue weighted by molar-refractivity contribution is 4.96. The lowest BCUT2D eigenvalue weighted by Crippen LogP contribution is -2.49. The molecule has 0 N–H and O–H groups in total. The van der Waals surface area contributed by atoms with E-state index in [2.05, 4.69) is 15.0 Å². The average Bonchev–Trinajstić information content (AvgIpc) is 2.86. The third-order valence-corrected chi connectivity index (χ3v) is 3.69. The minimum absolute atomic E-state index is 0.0713. The summed E-state index contributed by atoms with van der Waals surface area (Å²) in [6.07, 6.45) is -4.13. The fraction of sp³-hybridized carbons (Fsp3) is 0.846. The molecule has 1 fully saturated rings. The number of rotatable bonds is 4. The van der Waals surface area contributed by atoms with Crippen molar-refractivity contribution in [1.82, 2.24) is 19.9 Å². The summed E-state index contributed by atoms with van der Waals surface area (Å²) in [5, 5.41) is 3.92. The Balaban J connectivity index is 1.89. The van der Waals surface area contributed by atoms with Gasteiger partial charge in [0.05, 0.1) is 12.6 Å². The lowest BCUT2D eigenvalue weighted by Gasteiger charge is -2.36. The zero-order valence-electron chi connectivity index (χ0n) is 12.5. The van der Waals surface area contributed by atoms with Crippen LogP contribution in [0.4, 0.5) is 13.2 Å². The van der Waals surface area contributed by atoms with Gasteiger partial charge in [-0.1, -0.05) is 19.0 Å². The van der Waals surface area contributed by atoms with Crippen LogP contribution in [0, 0.1) is 0 Å². The van der Waals surface area contributed by atoms with Crippen molar-refractivity contribution >= 4 is 0 Å². The molecule has 0 unspecified atom stereocenters. The van der Waals surface area contributed by atoms with E-state index in [9.17, 15) is 13.2 Å². The highest BCUT2D eigenvalue weighted by Crippen LogP contribution is 2.23. The molecule has 0 radical (unpaired) electrons. The number of piperazine rings is 1. The lowest BCUT2D eigenvalue weighted by atomic mass is 10.2. The molecule has 1 aliphatic heterocycles. The molecule has 1 aromatic rings. The molecule has 0 bridgehead atoms. The Kier molecular flexibility index (Phi) is 4.88. The van der Waals surface area contributed by atoms with Gasteiger partial charge < -0.3 is 4.52 Å². The van der Waals surface area contributed by atoms with E-state index in [-0.39, 0.29) is 12.0 Å². The van der Waals surface area contributed by atoms with Gasteiger partial charge in [-0.15, -0.1) is 0 Å². The van der Waals surface area contributed by atoms with Crippen LogP contribution in [0.5, 0.6) is 0 Å². The molecule has 8 heteroatoms. The van der Waals surface area contributed by atoms with E-state index in [0.29, 0.717) is 37.9 Å². The summed E-state index contributed by atoms with van der Waals surface area (Å²) in [7, 11) is 0. The first-order valence-electron chi connectivity index (χ1n) is 7.13. The lowest BCUT2D eigenvalue weighted by molar-refractivity contribution is -0.149. The van der Waals surface area contributed by atoms with Crippen LogP contribution in [0.1, 0.15) is 44.4 Å². The molecule has 1 aliphatic rings. The number of aromatic nitrogens is 2. The van der Waals surface area contributed by atoms with Crippen molar-refractivity contribution in [3.63, 3.8) is 0 Å². The van der Waals surface area contributed by atoms with Crippen LogP contribution >= 0.6 is 0 Å². The summed E-state index contributed by atoms with van der Waals surface area (Å²) in [5.41, 5.74) is 0. The van der Waals surface area contributed by atoms with E-state index in [4.69, 9.17) is 4.52 Å². The summed E-state index contributed by atoms with van der Waals surface area (Å²) in [4.78, 5) is 7.85. The Morgan fingerprint density at radius 3 is 2.24 bits per heavy atom. The Morgan fingerprint density at radius 2 is 1.76 bits per heavy atom. The summed E-state index contributed by atoms with van der Waals surface area (Å²) >= 11 is 0. The first-order chi connectivity index (χ1) is 9.76. The maximum atomic E-state index is 12.4. The molecular weight excluding hydrogens is 285 g/mol. The number of alkyl halides is 3. The molecule has 1 aromatic heterocycles. The Labute approximate surface area is 122 Å². The molecule has 0 aliphatic carbocycles. The zero-order valence-corrected chi connectivity index (χ0v) is 12.5. The second-order valence-electron chi connectivity index (χ2n) is 5.75. The van der Waals surface area contributed by atoms with Crippen LogP contribution in [-0.4, -0.2) is 58.8 Å². The zero-order chi connectivity index (χ0) is 15.6. The van der Waals surface area contributed by atoms with Crippen LogP contribution in [0.15, 0.2) is 4.52 Å². The number of halogens is 3. The molecule has 0 saturated carbocycles. The van der Waals surface area contributed by atoms with Crippen molar-refractivity contribution in [1.29, 1.82) is 0 Å². The van der Waals surface area contributed by atoms with Gasteiger partial charge in [0, 0.05) is 32.1 Å². The van der Waals surface area contributed by atoms with Gasteiger partial charge in [-0.25, -0.2) is 0 Å². The monoisotopic (exact) mass is 306 g/mol. The molecule has 5 nitrogen and oxygen atoms in total. The maximum Gasteiger partial charge on any atom is 0.401 e. The number of hydrogen-bond acceptors (Lipinski definition) is 5. The largest absolute Gasteiger partial charge is 0.401 e. The summed E-state index contributed by atoms with van der Waals surface area (Å²) in [6, 6.07) is -0.0713. The van der Waals surface area contributed by atoms with Crippen LogP contribution in [0.25, 0.3) is 0 Å². The first-order valence-corrected chi connectivity index (χ1v) is 7.13. The van der Waals surface area contributed by atoms with Gasteiger partial charge in [-0.05, 0) is 6.92 Å². The topological polar surface area (TPSA) is 45.4 Å². The van der Waals surface area contributed by atoms with E-state index in [1.165, 1.54) is 4.90 Å². The van der Waals surface area contributed by atoms with E-state index >= 15 is 0 Å². The first kappa shape index (κ1) is 16.2. The molecule has 0 amide bonds. The van der Waals surface area contributed by atoms with Gasteiger partial charge in [-0.2, -0.15) is 18.2 Å². The predicted molar refractivity (Wildman–Crippen MR) is 70.9 cm³/mol. The molecule has 120 valence electrons. The highest BCUT2D eigenvalue weighted by Gasteiger charge is 2.33. The van der Waals surface area contributed by atoms with Gasteiger partial charge in [0.1, 0.15) is 0 Å². The van der Waals surface area contributed by atoms with Crippen molar-refractivity contribution in [2.24, 2.45) is 0 Å². The summed E-state index contributed by atoms with van der Waals surface area (Å²) in [6.45, 7) is 6.99. The van der Waals surface area contributed by atoms with Gasteiger partial charge in [0.15, 0.2) is 5.82 Å². The average molecular weight is 306 g/mol. The van der Waals surface area contributed by atoms with Crippen LogP contribution in [0.2, 0.25) is 0 Å². The Bertz CT molecular complexity index is 453. The highest BCUT2D eigenvalue weighted by atomic mass is 19.4. The van der Waals surface area contributed by atoms with Crippen molar-refractivity contribution in [3.8, 4) is 0 Å². The van der Waals surface area contributed by atoms with E-state index in [1.807, 2.05) is 20.8 Å². The fourth-order valence-corrected chi connectivity index (χ4v) is 2.37. The number of hydrogen-bond donors (Lipinski definition) is 0. The van der Waals surface area contributed by atoms with Gasteiger partial charge >= 0.3 is 6.18 Å². The molecular formula is C13H21F3N4O. The quantitative estimate of drug-likeness (QED) is 0.855. The van der Waals surface area contributed by atoms with E-state index < -0.39 is 12.7 Å². The van der Waals surface area contributed by atoms with Crippen LogP contribution in [-0.2, 0) is 0 Å². The molecule has 21 heavy (non-hydrogen) atoms. The standard InChI is InChI=1S/C13H21F3N4O/c1-9(2)11-17-12(21-18-11)10(3)20-6-4-19(5-7-20)8-13(14,15)16/h9-10H,4-8H2,1-3H3/t10-/m1/s1. The smallest absolute Gasteiger partial charge is 0.338 e.